The molecule has 0 aromatic carbocycles. The summed E-state index contributed by atoms with van der Waals surface area (Å²) >= 11 is 6.33. The molecule has 3 saturated carbocycles. The van der Waals surface area contributed by atoms with E-state index in [1.54, 1.807) is 0 Å². The first-order valence-electron chi connectivity index (χ1n) is 10.6. The van der Waals surface area contributed by atoms with Crippen molar-refractivity contribution in [1.82, 2.24) is 10.0 Å². The largest absolute Gasteiger partial charge is 0.271 e. The van der Waals surface area contributed by atoms with Crippen molar-refractivity contribution in [3.63, 3.8) is 0 Å². The second-order valence-electron chi connectivity index (χ2n) is 9.83. The molecule has 3 nitrogen and oxygen atoms in total. The third-order valence-corrected chi connectivity index (χ3v) is 8.24. The van der Waals surface area contributed by atoms with Crippen molar-refractivity contribution < 1.29 is 4.79 Å². The summed E-state index contributed by atoms with van der Waals surface area (Å²) in [7, 11) is 0. The van der Waals surface area contributed by atoms with Crippen LogP contribution >= 0.6 is 11.6 Å². The van der Waals surface area contributed by atoms with Crippen LogP contribution in [0.3, 0.4) is 0 Å². The first-order chi connectivity index (χ1) is 12.4. The maximum atomic E-state index is 13.2. The summed E-state index contributed by atoms with van der Waals surface area (Å²) in [5, 5.41) is 4.65. The minimum Gasteiger partial charge on any atom is -0.271 e. The predicted octanol–water partition coefficient (Wildman–Crippen LogP) is 4.53. The quantitative estimate of drug-likeness (QED) is 0.677. The number of nitrogens with zero attached hydrogens (tertiary/aromatic N) is 2. The minimum absolute atomic E-state index is 0.0907. The van der Waals surface area contributed by atoms with Crippen molar-refractivity contribution >= 4 is 17.5 Å². The lowest BCUT2D eigenvalue weighted by Gasteiger charge is -2.61. The Balaban J connectivity index is 1.42. The van der Waals surface area contributed by atoms with E-state index in [0.717, 1.165) is 30.7 Å². The molecule has 1 saturated heterocycles. The number of amides is 1. The van der Waals surface area contributed by atoms with Crippen LogP contribution in [-0.4, -0.2) is 39.4 Å². The van der Waals surface area contributed by atoms with Crippen molar-refractivity contribution in [3.8, 4) is 0 Å². The van der Waals surface area contributed by atoms with Gasteiger partial charge in [-0.25, -0.2) is 0 Å². The van der Waals surface area contributed by atoms with Gasteiger partial charge in [0, 0.05) is 6.54 Å². The Morgan fingerprint density at radius 3 is 2.65 bits per heavy atom. The molecule has 5 aliphatic rings. The van der Waals surface area contributed by atoms with Gasteiger partial charge in [-0.2, -0.15) is 5.01 Å². The van der Waals surface area contributed by atoms with E-state index in [4.69, 9.17) is 11.6 Å². The number of carbonyl (C=O) groups excluding carboxylic acids is 1. The number of rotatable bonds is 3. The topological polar surface area (TPSA) is 23.6 Å². The predicted molar refractivity (Wildman–Crippen MR) is 105 cm³/mol. The third kappa shape index (κ3) is 2.53. The van der Waals surface area contributed by atoms with Gasteiger partial charge in [-0.05, 0) is 75.2 Å². The van der Waals surface area contributed by atoms with Gasteiger partial charge in [0.1, 0.15) is 5.54 Å². The SMILES string of the molecule is CC1(C)C(=O)N(C2C3CCCC4CC2CC4C3)N1CC1=CC(Cl)CC=C1. The molecule has 0 spiro atoms. The summed E-state index contributed by atoms with van der Waals surface area (Å²) in [6, 6.07) is 0.442. The molecule has 1 amide bonds. The van der Waals surface area contributed by atoms with Crippen LogP contribution in [0.1, 0.15) is 58.8 Å². The molecule has 0 aromatic heterocycles. The summed E-state index contributed by atoms with van der Waals surface area (Å²) in [5.41, 5.74) is 0.862. The number of allylic oxidation sites excluding steroid dienone is 2. The lowest BCUT2D eigenvalue weighted by molar-refractivity contribution is -0.234. The second-order valence-corrected chi connectivity index (χ2v) is 10.4. The average molecular weight is 375 g/mol. The molecule has 4 heteroatoms. The first kappa shape index (κ1) is 17.3. The standard InChI is InChI=1S/C22H31ClN2O/c1-22(2)21(26)25(24(22)13-14-5-3-8-19(23)9-14)20-16-7-4-6-15-10-18(20)12-17(15)11-16/h3,5,9,15-20H,4,6-8,10-13H2,1-2H3. The molecule has 0 aromatic rings. The minimum atomic E-state index is -0.391. The lowest BCUT2D eigenvalue weighted by atomic mass is 9.74. The van der Waals surface area contributed by atoms with Gasteiger partial charge in [-0.15, -0.1) is 11.6 Å². The van der Waals surface area contributed by atoms with Gasteiger partial charge in [0.15, 0.2) is 0 Å². The van der Waals surface area contributed by atoms with E-state index in [1.165, 1.54) is 44.1 Å². The zero-order chi connectivity index (χ0) is 18.1. The molecule has 3 bridgehead atoms. The summed E-state index contributed by atoms with van der Waals surface area (Å²) in [5.74, 6) is 3.66. The number of fused-ring (bicyclic) bond motifs is 2. The molecule has 5 rings (SSSR count). The van der Waals surface area contributed by atoms with Gasteiger partial charge in [0.25, 0.3) is 5.91 Å². The van der Waals surface area contributed by atoms with Crippen LogP contribution in [0.15, 0.2) is 23.8 Å². The highest BCUT2D eigenvalue weighted by Gasteiger charge is 2.60. The number of hydrazine groups is 1. The van der Waals surface area contributed by atoms with Crippen LogP contribution in [0.4, 0.5) is 0 Å². The summed E-state index contributed by atoms with van der Waals surface area (Å²) in [4.78, 5) is 13.2. The number of hydrogen-bond donors (Lipinski definition) is 0. The van der Waals surface area contributed by atoms with Gasteiger partial charge >= 0.3 is 0 Å². The van der Waals surface area contributed by atoms with E-state index in [9.17, 15) is 4.79 Å². The molecule has 0 radical (unpaired) electrons. The molecule has 4 aliphatic carbocycles. The summed E-state index contributed by atoms with van der Waals surface area (Å²) in [6.45, 7) is 4.98. The summed E-state index contributed by atoms with van der Waals surface area (Å²) in [6.07, 6.45) is 15.6. The highest BCUT2D eigenvalue weighted by Crippen LogP contribution is 2.56. The molecule has 1 heterocycles. The highest BCUT2D eigenvalue weighted by atomic mass is 35.5. The molecule has 6 atom stereocenters. The number of hydrogen-bond acceptors (Lipinski definition) is 2. The fourth-order valence-corrected chi connectivity index (χ4v) is 6.97. The van der Waals surface area contributed by atoms with Crippen molar-refractivity contribution in [2.75, 3.05) is 6.54 Å². The fourth-order valence-electron chi connectivity index (χ4n) is 6.70. The van der Waals surface area contributed by atoms with Crippen LogP contribution in [0.2, 0.25) is 0 Å². The van der Waals surface area contributed by atoms with Gasteiger partial charge < -0.3 is 0 Å². The van der Waals surface area contributed by atoms with E-state index in [1.807, 2.05) is 0 Å². The van der Waals surface area contributed by atoms with E-state index in [2.05, 4.69) is 42.1 Å². The Bertz CT molecular complexity index is 669. The Hall–Kier alpha value is -0.800. The number of alkyl halides is 1. The summed E-state index contributed by atoms with van der Waals surface area (Å²) < 4.78 is 0. The Morgan fingerprint density at radius 2 is 1.85 bits per heavy atom. The Morgan fingerprint density at radius 1 is 1.12 bits per heavy atom. The van der Waals surface area contributed by atoms with Crippen LogP contribution in [-0.2, 0) is 4.79 Å². The molecular formula is C22H31ClN2O. The van der Waals surface area contributed by atoms with E-state index < -0.39 is 5.54 Å². The Labute approximate surface area is 162 Å². The van der Waals surface area contributed by atoms with Crippen LogP contribution in [0, 0.1) is 23.7 Å². The van der Waals surface area contributed by atoms with Crippen LogP contribution < -0.4 is 0 Å². The van der Waals surface area contributed by atoms with Gasteiger partial charge in [0.2, 0.25) is 0 Å². The maximum absolute atomic E-state index is 13.2. The van der Waals surface area contributed by atoms with E-state index in [-0.39, 0.29) is 5.38 Å². The van der Waals surface area contributed by atoms with Crippen molar-refractivity contribution in [1.29, 1.82) is 0 Å². The van der Waals surface area contributed by atoms with Crippen molar-refractivity contribution in [3.05, 3.63) is 23.8 Å². The third-order valence-electron chi connectivity index (χ3n) is 7.94. The highest BCUT2D eigenvalue weighted by molar-refractivity contribution is 6.22. The molecule has 142 valence electrons. The van der Waals surface area contributed by atoms with Gasteiger partial charge in [-0.3, -0.25) is 9.80 Å². The monoisotopic (exact) mass is 374 g/mol. The van der Waals surface area contributed by atoms with E-state index >= 15 is 0 Å². The van der Waals surface area contributed by atoms with Gasteiger partial charge in [0.05, 0.1) is 11.4 Å². The molecule has 6 unspecified atom stereocenters. The van der Waals surface area contributed by atoms with Gasteiger partial charge in [-0.1, -0.05) is 31.1 Å². The van der Waals surface area contributed by atoms with Crippen molar-refractivity contribution in [2.24, 2.45) is 23.7 Å². The first-order valence-corrected chi connectivity index (χ1v) is 11.0. The molecule has 4 fully saturated rings. The number of halogens is 1. The van der Waals surface area contributed by atoms with Crippen molar-refractivity contribution in [2.45, 2.75) is 75.8 Å². The average Bonchev–Trinajstić information content (AvgIpc) is 2.84. The molecule has 1 aliphatic heterocycles. The maximum Gasteiger partial charge on any atom is 0.258 e. The molecule has 0 N–H and O–H groups in total. The number of carbonyl (C=O) groups is 1. The zero-order valence-electron chi connectivity index (χ0n) is 16.0. The second kappa shape index (κ2) is 6.10. The fraction of sp³-hybridized carbons (Fsp3) is 0.773. The smallest absolute Gasteiger partial charge is 0.258 e. The normalized spacial score (nSPS) is 44.0. The van der Waals surface area contributed by atoms with Crippen LogP contribution in [0.5, 0.6) is 0 Å². The van der Waals surface area contributed by atoms with Crippen LogP contribution in [0.25, 0.3) is 0 Å². The molecule has 26 heavy (non-hydrogen) atoms. The molecular weight excluding hydrogens is 344 g/mol. The zero-order valence-corrected chi connectivity index (χ0v) is 16.8. The lowest BCUT2D eigenvalue weighted by Crippen LogP contribution is -2.78. The van der Waals surface area contributed by atoms with E-state index in [0.29, 0.717) is 17.9 Å². The Kier molecular flexibility index (Phi) is 4.06.